The normalized spacial score (nSPS) is 11.8. The number of halogens is 2. The van der Waals surface area contributed by atoms with Gasteiger partial charge in [-0.3, -0.25) is 4.79 Å². The molecule has 2 nitrogen and oxygen atoms in total. The van der Waals surface area contributed by atoms with Gasteiger partial charge < -0.3 is 4.57 Å². The highest BCUT2D eigenvalue weighted by Gasteiger charge is 1.99. The van der Waals surface area contributed by atoms with Crippen molar-refractivity contribution >= 4 is 27.5 Å². The predicted octanol–water partition coefficient (Wildman–Crippen LogP) is 2.75. The first-order chi connectivity index (χ1) is 6.15. The quantitative estimate of drug-likeness (QED) is 0.803. The molecule has 0 fully saturated rings. The van der Waals surface area contributed by atoms with Crippen molar-refractivity contribution in [2.75, 3.05) is 0 Å². The van der Waals surface area contributed by atoms with Gasteiger partial charge in [0.2, 0.25) is 0 Å². The first kappa shape index (κ1) is 10.5. The molecule has 1 rings (SSSR count). The molecule has 0 spiro atoms. The fourth-order valence-electron chi connectivity index (χ4n) is 0.935. The van der Waals surface area contributed by atoms with Gasteiger partial charge in [0, 0.05) is 18.3 Å². The number of hydrogen-bond donors (Lipinski definition) is 0. The van der Waals surface area contributed by atoms with E-state index in [0.29, 0.717) is 11.0 Å². The molecular weight excluding hydrogens is 253 g/mol. The van der Waals surface area contributed by atoms with Crippen LogP contribution >= 0.6 is 27.5 Å². The van der Waals surface area contributed by atoms with E-state index < -0.39 is 0 Å². The number of pyridine rings is 1. The van der Waals surface area contributed by atoms with Gasteiger partial charge in [-0.15, -0.1) is 0 Å². The van der Waals surface area contributed by atoms with Crippen molar-refractivity contribution in [1.29, 1.82) is 0 Å². The van der Waals surface area contributed by atoms with Crippen LogP contribution in [0.1, 0.15) is 6.92 Å². The second-order valence-corrected chi connectivity index (χ2v) is 3.82. The molecular formula is C9H9BrClNO. The zero-order valence-corrected chi connectivity index (χ0v) is 9.47. The Kier molecular flexibility index (Phi) is 3.75. The maximum Gasteiger partial charge on any atom is 0.265 e. The molecule has 0 amide bonds. The molecule has 0 bridgehead atoms. The van der Waals surface area contributed by atoms with E-state index in [2.05, 4.69) is 15.9 Å². The minimum absolute atomic E-state index is 0.0413. The lowest BCUT2D eigenvalue weighted by atomic mass is 10.3. The first-order valence-electron chi connectivity index (χ1n) is 3.76. The SMILES string of the molecule is C/C(=C/Cl)Cn1cccc(Br)c1=O. The van der Waals surface area contributed by atoms with Crippen LogP contribution in [0.2, 0.25) is 0 Å². The highest BCUT2D eigenvalue weighted by molar-refractivity contribution is 9.10. The van der Waals surface area contributed by atoms with E-state index in [-0.39, 0.29) is 5.56 Å². The lowest BCUT2D eigenvalue weighted by Crippen LogP contribution is -2.19. The average Bonchev–Trinajstić information content (AvgIpc) is 2.13. The Balaban J connectivity index is 3.03. The summed E-state index contributed by atoms with van der Waals surface area (Å²) in [5.41, 5.74) is 2.38. The summed E-state index contributed by atoms with van der Waals surface area (Å²) in [5, 5.41) is 0. The first-order valence-corrected chi connectivity index (χ1v) is 4.99. The average molecular weight is 263 g/mol. The Hall–Kier alpha value is -0.540. The molecule has 0 aromatic carbocycles. The van der Waals surface area contributed by atoms with Crippen molar-refractivity contribution in [1.82, 2.24) is 4.57 Å². The van der Waals surface area contributed by atoms with Crippen LogP contribution in [0.15, 0.2) is 38.7 Å². The number of hydrogen-bond acceptors (Lipinski definition) is 1. The van der Waals surface area contributed by atoms with E-state index in [4.69, 9.17) is 11.6 Å². The largest absolute Gasteiger partial charge is 0.310 e. The van der Waals surface area contributed by atoms with Crippen LogP contribution in [0.3, 0.4) is 0 Å². The van der Waals surface area contributed by atoms with Crippen molar-refractivity contribution in [3.63, 3.8) is 0 Å². The Morgan fingerprint density at radius 3 is 3.08 bits per heavy atom. The highest BCUT2D eigenvalue weighted by Crippen LogP contribution is 2.03. The fraction of sp³-hybridized carbons (Fsp3) is 0.222. The Morgan fingerprint density at radius 2 is 2.46 bits per heavy atom. The standard InChI is InChI=1S/C9H9BrClNO/c1-7(5-11)6-12-4-2-3-8(10)9(12)13/h2-5H,6H2,1H3/b7-5-. The maximum atomic E-state index is 11.5. The van der Waals surface area contributed by atoms with Crippen molar-refractivity contribution in [2.24, 2.45) is 0 Å². The molecule has 0 aliphatic carbocycles. The van der Waals surface area contributed by atoms with Gasteiger partial charge in [-0.1, -0.05) is 11.6 Å². The van der Waals surface area contributed by atoms with E-state index in [9.17, 15) is 4.79 Å². The summed E-state index contributed by atoms with van der Waals surface area (Å²) in [4.78, 5) is 11.5. The molecule has 1 heterocycles. The summed E-state index contributed by atoms with van der Waals surface area (Å²) in [6.07, 6.45) is 1.73. The summed E-state index contributed by atoms with van der Waals surface area (Å²) < 4.78 is 2.16. The van der Waals surface area contributed by atoms with Crippen LogP contribution in [0.4, 0.5) is 0 Å². The van der Waals surface area contributed by atoms with Crippen LogP contribution in [0, 0.1) is 0 Å². The van der Waals surface area contributed by atoms with E-state index in [1.54, 1.807) is 16.8 Å². The topological polar surface area (TPSA) is 22.0 Å². The number of rotatable bonds is 2. The molecule has 0 aliphatic rings. The Labute approximate surface area is 90.0 Å². The van der Waals surface area contributed by atoms with Gasteiger partial charge in [0.15, 0.2) is 0 Å². The molecule has 0 aliphatic heterocycles. The lowest BCUT2D eigenvalue weighted by Gasteiger charge is -2.04. The molecule has 0 N–H and O–H groups in total. The molecule has 1 aromatic heterocycles. The van der Waals surface area contributed by atoms with E-state index >= 15 is 0 Å². The van der Waals surface area contributed by atoms with Crippen molar-refractivity contribution in [3.05, 3.63) is 44.3 Å². The minimum Gasteiger partial charge on any atom is -0.310 e. The van der Waals surface area contributed by atoms with Gasteiger partial charge in [-0.25, -0.2) is 0 Å². The number of aromatic nitrogens is 1. The zero-order valence-electron chi connectivity index (χ0n) is 7.13. The van der Waals surface area contributed by atoms with Gasteiger partial charge in [0.1, 0.15) is 0 Å². The predicted molar refractivity (Wildman–Crippen MR) is 58.0 cm³/mol. The van der Waals surface area contributed by atoms with Crippen LogP contribution in [0.5, 0.6) is 0 Å². The van der Waals surface area contributed by atoms with Crippen LogP contribution in [0.25, 0.3) is 0 Å². The summed E-state index contributed by atoms with van der Waals surface area (Å²) in [7, 11) is 0. The lowest BCUT2D eigenvalue weighted by molar-refractivity contribution is 0.744. The minimum atomic E-state index is -0.0413. The van der Waals surface area contributed by atoms with E-state index in [0.717, 1.165) is 5.57 Å². The van der Waals surface area contributed by atoms with Gasteiger partial charge in [-0.05, 0) is 40.6 Å². The summed E-state index contributed by atoms with van der Waals surface area (Å²) >= 11 is 8.68. The molecule has 4 heteroatoms. The number of allylic oxidation sites excluding steroid dienone is 1. The molecule has 0 radical (unpaired) electrons. The monoisotopic (exact) mass is 261 g/mol. The fourth-order valence-corrected chi connectivity index (χ4v) is 1.38. The van der Waals surface area contributed by atoms with E-state index in [1.165, 1.54) is 5.54 Å². The highest BCUT2D eigenvalue weighted by atomic mass is 79.9. The van der Waals surface area contributed by atoms with Crippen LogP contribution in [-0.2, 0) is 6.54 Å². The molecule has 0 saturated heterocycles. The Bertz CT molecular complexity index is 383. The summed E-state index contributed by atoms with van der Waals surface area (Å²) in [5.74, 6) is 0. The zero-order chi connectivity index (χ0) is 9.84. The van der Waals surface area contributed by atoms with Crippen molar-refractivity contribution in [2.45, 2.75) is 13.5 Å². The molecule has 1 aromatic rings. The molecule has 0 unspecified atom stereocenters. The van der Waals surface area contributed by atoms with Crippen LogP contribution < -0.4 is 5.56 Å². The van der Waals surface area contributed by atoms with Gasteiger partial charge >= 0.3 is 0 Å². The summed E-state index contributed by atoms with van der Waals surface area (Å²) in [6.45, 7) is 2.40. The van der Waals surface area contributed by atoms with Gasteiger partial charge in [0.05, 0.1) is 4.47 Å². The third-order valence-corrected chi connectivity index (χ3v) is 2.56. The molecule has 0 saturated carbocycles. The maximum absolute atomic E-state index is 11.5. The third kappa shape index (κ3) is 2.71. The molecule has 13 heavy (non-hydrogen) atoms. The smallest absolute Gasteiger partial charge is 0.265 e. The Morgan fingerprint density at radius 1 is 1.77 bits per heavy atom. The van der Waals surface area contributed by atoms with E-state index in [1.807, 2.05) is 13.0 Å². The summed E-state index contributed by atoms with van der Waals surface area (Å²) in [6, 6.07) is 3.53. The third-order valence-electron chi connectivity index (χ3n) is 1.58. The second kappa shape index (κ2) is 4.63. The molecule has 70 valence electrons. The number of nitrogens with zero attached hydrogens (tertiary/aromatic N) is 1. The molecule has 0 atom stereocenters. The van der Waals surface area contributed by atoms with Crippen molar-refractivity contribution < 1.29 is 0 Å². The second-order valence-electron chi connectivity index (χ2n) is 2.74. The van der Waals surface area contributed by atoms with Crippen LogP contribution in [-0.4, -0.2) is 4.57 Å². The van der Waals surface area contributed by atoms with Gasteiger partial charge in [-0.2, -0.15) is 0 Å². The van der Waals surface area contributed by atoms with Crippen molar-refractivity contribution in [3.8, 4) is 0 Å². The van der Waals surface area contributed by atoms with Gasteiger partial charge in [0.25, 0.3) is 5.56 Å².